The van der Waals surface area contributed by atoms with Gasteiger partial charge in [-0.25, -0.2) is 14.8 Å². The van der Waals surface area contributed by atoms with Crippen LogP contribution < -0.4 is 4.90 Å². The molecule has 1 aromatic rings. The monoisotopic (exact) mass is 235 g/mol. The predicted octanol–water partition coefficient (Wildman–Crippen LogP) is 0.0998. The van der Waals surface area contributed by atoms with E-state index in [9.17, 15) is 4.79 Å². The maximum Gasteiger partial charge on any atom is 0.356 e. The van der Waals surface area contributed by atoms with Gasteiger partial charge in [0.25, 0.3) is 0 Å². The molecule has 0 atom stereocenters. The van der Waals surface area contributed by atoms with Gasteiger partial charge < -0.3 is 14.4 Å². The molecule has 0 amide bonds. The Morgan fingerprint density at radius 1 is 1.53 bits per heavy atom. The van der Waals surface area contributed by atoms with Crippen LogP contribution in [0.1, 0.15) is 10.5 Å². The quantitative estimate of drug-likeness (QED) is 0.677. The lowest BCUT2D eigenvalue weighted by molar-refractivity contribution is -0.127. The number of hydrogen-bond donors (Lipinski definition) is 0. The summed E-state index contributed by atoms with van der Waals surface area (Å²) in [4.78, 5) is 21.7. The Morgan fingerprint density at radius 2 is 2.29 bits per heavy atom. The third-order valence-corrected chi connectivity index (χ3v) is 3.19. The van der Waals surface area contributed by atoms with Gasteiger partial charge in [-0.2, -0.15) is 0 Å². The molecule has 3 rings (SSSR count). The maximum absolute atomic E-state index is 11.3. The van der Waals surface area contributed by atoms with Gasteiger partial charge in [0.15, 0.2) is 5.69 Å². The van der Waals surface area contributed by atoms with Gasteiger partial charge in [-0.3, -0.25) is 0 Å². The van der Waals surface area contributed by atoms with E-state index in [1.54, 1.807) is 12.3 Å². The molecule has 1 aromatic heterocycles. The molecule has 17 heavy (non-hydrogen) atoms. The van der Waals surface area contributed by atoms with Crippen molar-refractivity contribution in [2.24, 2.45) is 5.41 Å². The van der Waals surface area contributed by atoms with Crippen LogP contribution in [0.4, 0.5) is 5.95 Å². The van der Waals surface area contributed by atoms with Crippen molar-refractivity contribution >= 4 is 11.9 Å². The molecule has 0 aromatic carbocycles. The van der Waals surface area contributed by atoms with E-state index < -0.39 is 5.97 Å². The number of carbonyl (C=O) groups is 1. The standard InChI is InChI=1S/C11H13N3O3/c1-16-9(15)8-2-3-12-10(13-8)14-4-11(5-14)6-17-7-11/h2-3H,4-7H2,1H3. The van der Waals surface area contributed by atoms with E-state index in [1.807, 2.05) is 0 Å². The van der Waals surface area contributed by atoms with Crippen LogP contribution >= 0.6 is 0 Å². The highest BCUT2D eigenvalue weighted by atomic mass is 16.5. The van der Waals surface area contributed by atoms with E-state index in [0.29, 0.717) is 17.1 Å². The van der Waals surface area contributed by atoms with Crippen molar-refractivity contribution in [1.82, 2.24) is 9.97 Å². The third kappa shape index (κ3) is 1.64. The molecule has 6 nitrogen and oxygen atoms in total. The minimum absolute atomic E-state index is 0.295. The van der Waals surface area contributed by atoms with Crippen molar-refractivity contribution < 1.29 is 14.3 Å². The molecule has 2 fully saturated rings. The van der Waals surface area contributed by atoms with Crippen LogP contribution in [0.3, 0.4) is 0 Å². The van der Waals surface area contributed by atoms with Crippen LogP contribution in [0.2, 0.25) is 0 Å². The molecule has 90 valence electrons. The van der Waals surface area contributed by atoms with Crippen molar-refractivity contribution in [1.29, 1.82) is 0 Å². The summed E-state index contributed by atoms with van der Waals surface area (Å²) in [6, 6.07) is 1.55. The second kappa shape index (κ2) is 3.66. The number of hydrogen-bond acceptors (Lipinski definition) is 6. The average molecular weight is 235 g/mol. The number of anilines is 1. The number of carbonyl (C=O) groups excluding carboxylic acids is 1. The zero-order chi connectivity index (χ0) is 11.9. The topological polar surface area (TPSA) is 64.5 Å². The van der Waals surface area contributed by atoms with Crippen molar-refractivity contribution in [3.63, 3.8) is 0 Å². The normalized spacial score (nSPS) is 20.6. The molecule has 0 bridgehead atoms. The lowest BCUT2D eigenvalue weighted by Gasteiger charge is -2.54. The minimum atomic E-state index is -0.434. The Hall–Kier alpha value is -1.69. The Morgan fingerprint density at radius 3 is 2.88 bits per heavy atom. The van der Waals surface area contributed by atoms with Gasteiger partial charge >= 0.3 is 5.97 Å². The lowest BCUT2D eigenvalue weighted by atomic mass is 9.78. The summed E-state index contributed by atoms with van der Waals surface area (Å²) in [5, 5.41) is 0. The van der Waals surface area contributed by atoms with Crippen LogP contribution in [0.15, 0.2) is 12.3 Å². The largest absolute Gasteiger partial charge is 0.464 e. The fourth-order valence-corrected chi connectivity index (χ4v) is 2.20. The smallest absolute Gasteiger partial charge is 0.356 e. The van der Waals surface area contributed by atoms with Gasteiger partial charge in [0.2, 0.25) is 5.95 Å². The molecule has 0 aliphatic carbocycles. The summed E-state index contributed by atoms with van der Waals surface area (Å²) in [6.07, 6.45) is 1.58. The van der Waals surface area contributed by atoms with Crippen LogP contribution in [-0.4, -0.2) is 49.4 Å². The van der Waals surface area contributed by atoms with Crippen LogP contribution in [0.5, 0.6) is 0 Å². The second-order valence-electron chi connectivity index (χ2n) is 4.58. The van der Waals surface area contributed by atoms with Crippen molar-refractivity contribution in [2.45, 2.75) is 0 Å². The number of aromatic nitrogens is 2. The van der Waals surface area contributed by atoms with Gasteiger partial charge in [-0.05, 0) is 6.07 Å². The summed E-state index contributed by atoms with van der Waals surface area (Å²) in [6.45, 7) is 3.44. The maximum atomic E-state index is 11.3. The zero-order valence-corrected chi connectivity index (χ0v) is 9.55. The molecule has 2 aliphatic rings. The summed E-state index contributed by atoms with van der Waals surface area (Å²) >= 11 is 0. The predicted molar refractivity (Wildman–Crippen MR) is 58.8 cm³/mol. The second-order valence-corrected chi connectivity index (χ2v) is 4.58. The number of methoxy groups -OCH3 is 1. The first-order valence-corrected chi connectivity index (χ1v) is 5.47. The van der Waals surface area contributed by atoms with E-state index in [2.05, 4.69) is 19.6 Å². The Labute approximate surface area is 98.6 Å². The molecule has 6 heteroatoms. The first kappa shape index (κ1) is 10.5. The van der Waals surface area contributed by atoms with Crippen molar-refractivity contribution in [2.75, 3.05) is 38.3 Å². The fraction of sp³-hybridized carbons (Fsp3) is 0.545. The molecule has 0 N–H and O–H groups in total. The Bertz CT molecular complexity index is 451. The highest BCUT2D eigenvalue weighted by Crippen LogP contribution is 2.38. The molecular formula is C11H13N3O3. The Balaban J connectivity index is 1.73. The van der Waals surface area contributed by atoms with Crippen LogP contribution in [0.25, 0.3) is 0 Å². The molecule has 0 radical (unpaired) electrons. The van der Waals surface area contributed by atoms with Gasteiger partial charge in [-0.15, -0.1) is 0 Å². The van der Waals surface area contributed by atoms with Gasteiger partial charge in [0.1, 0.15) is 0 Å². The van der Waals surface area contributed by atoms with Crippen molar-refractivity contribution in [3.8, 4) is 0 Å². The molecule has 2 saturated heterocycles. The van der Waals surface area contributed by atoms with E-state index in [0.717, 1.165) is 26.3 Å². The molecule has 3 heterocycles. The summed E-state index contributed by atoms with van der Waals surface area (Å²) in [5.41, 5.74) is 0.605. The average Bonchev–Trinajstić information content (AvgIpc) is 2.25. The van der Waals surface area contributed by atoms with E-state index in [4.69, 9.17) is 4.74 Å². The van der Waals surface area contributed by atoms with Gasteiger partial charge in [0.05, 0.1) is 25.7 Å². The fourth-order valence-electron chi connectivity index (χ4n) is 2.20. The van der Waals surface area contributed by atoms with Gasteiger partial charge in [0, 0.05) is 19.3 Å². The summed E-state index contributed by atoms with van der Waals surface area (Å²) in [7, 11) is 1.34. The molecule has 0 saturated carbocycles. The first-order valence-electron chi connectivity index (χ1n) is 5.47. The minimum Gasteiger partial charge on any atom is -0.464 e. The Kier molecular flexibility index (Phi) is 2.25. The number of esters is 1. The van der Waals surface area contributed by atoms with E-state index >= 15 is 0 Å². The molecular weight excluding hydrogens is 222 g/mol. The lowest BCUT2D eigenvalue weighted by Crippen LogP contribution is -2.66. The van der Waals surface area contributed by atoms with Crippen LogP contribution in [0, 0.1) is 5.41 Å². The summed E-state index contributed by atoms with van der Waals surface area (Å²) in [5.74, 6) is 0.154. The molecule has 0 unspecified atom stereocenters. The number of ether oxygens (including phenoxy) is 2. The highest BCUT2D eigenvalue weighted by Gasteiger charge is 2.49. The van der Waals surface area contributed by atoms with E-state index in [1.165, 1.54) is 7.11 Å². The molecule has 1 spiro atoms. The van der Waals surface area contributed by atoms with Gasteiger partial charge in [-0.1, -0.05) is 0 Å². The first-order chi connectivity index (χ1) is 8.22. The summed E-state index contributed by atoms with van der Waals surface area (Å²) < 4.78 is 9.83. The van der Waals surface area contributed by atoms with Crippen LogP contribution in [-0.2, 0) is 9.47 Å². The highest BCUT2D eigenvalue weighted by molar-refractivity contribution is 5.87. The number of nitrogens with zero attached hydrogens (tertiary/aromatic N) is 3. The molecule has 2 aliphatic heterocycles. The third-order valence-electron chi connectivity index (χ3n) is 3.19. The zero-order valence-electron chi connectivity index (χ0n) is 9.55. The van der Waals surface area contributed by atoms with Crippen molar-refractivity contribution in [3.05, 3.63) is 18.0 Å². The number of rotatable bonds is 2. The SMILES string of the molecule is COC(=O)c1ccnc(N2CC3(COC3)C2)n1. The van der Waals surface area contributed by atoms with E-state index in [-0.39, 0.29) is 0 Å².